The number of hydrogen-bond acceptors (Lipinski definition) is 7. The summed E-state index contributed by atoms with van der Waals surface area (Å²) in [6, 6.07) is 13.8. The molecule has 0 unspecified atom stereocenters. The number of non-ortho nitro benzene ring substituents is 1. The smallest absolute Gasteiger partial charge is 0.269 e. The second-order valence-electron chi connectivity index (χ2n) is 5.13. The molecule has 8 nitrogen and oxygen atoms in total. The van der Waals surface area contributed by atoms with Crippen LogP contribution in [-0.4, -0.2) is 31.8 Å². The van der Waals surface area contributed by atoms with Crippen LogP contribution in [0.25, 0.3) is 26.9 Å². The summed E-state index contributed by atoms with van der Waals surface area (Å²) in [5, 5.41) is 24.4. The van der Waals surface area contributed by atoms with Crippen LogP contribution >= 0.6 is 11.3 Å². The third-order valence-electron chi connectivity index (χ3n) is 3.66. The molecular formula is C16H11N5O3S. The number of nitro benzene ring substituents is 1. The largest absolute Gasteiger partial charge is 0.496 e. The first-order valence-electron chi connectivity index (χ1n) is 7.28. The molecule has 0 aliphatic rings. The number of para-hydroxylation sites is 1. The normalized spacial score (nSPS) is 10.9. The number of nitrogens with zero attached hydrogens (tertiary/aromatic N) is 5. The summed E-state index contributed by atoms with van der Waals surface area (Å²) in [7, 11) is 1.60. The fraction of sp³-hybridized carbons (Fsp3) is 0.0625. The molecule has 0 saturated heterocycles. The van der Waals surface area contributed by atoms with Gasteiger partial charge in [-0.2, -0.15) is 9.61 Å². The number of fused-ring (bicyclic) bond motifs is 1. The van der Waals surface area contributed by atoms with Crippen LogP contribution in [0.15, 0.2) is 48.5 Å². The molecule has 0 spiro atoms. The SMILES string of the molecule is COc1ccccc1-c1nnc2sc(-c3ccc([N+](=O)[O-])cc3)nn12. The van der Waals surface area contributed by atoms with E-state index in [0.29, 0.717) is 21.5 Å². The van der Waals surface area contributed by atoms with E-state index in [1.54, 1.807) is 23.8 Å². The van der Waals surface area contributed by atoms with Gasteiger partial charge in [0.25, 0.3) is 5.69 Å². The van der Waals surface area contributed by atoms with Gasteiger partial charge in [0.05, 0.1) is 17.6 Å². The van der Waals surface area contributed by atoms with Crippen molar-refractivity contribution in [3.8, 4) is 27.7 Å². The van der Waals surface area contributed by atoms with E-state index in [1.165, 1.54) is 23.5 Å². The molecule has 0 amide bonds. The Balaban J connectivity index is 1.79. The summed E-state index contributed by atoms with van der Waals surface area (Å²) >= 11 is 1.36. The Bertz CT molecular complexity index is 1070. The van der Waals surface area contributed by atoms with Crippen LogP contribution in [0.1, 0.15) is 0 Å². The number of ether oxygens (including phenoxy) is 1. The zero-order chi connectivity index (χ0) is 17.4. The Morgan fingerprint density at radius 2 is 1.88 bits per heavy atom. The molecular weight excluding hydrogens is 342 g/mol. The summed E-state index contributed by atoms with van der Waals surface area (Å²) in [6.07, 6.45) is 0. The molecule has 0 radical (unpaired) electrons. The Labute approximate surface area is 145 Å². The van der Waals surface area contributed by atoms with Gasteiger partial charge >= 0.3 is 0 Å². The van der Waals surface area contributed by atoms with Crippen LogP contribution in [-0.2, 0) is 0 Å². The van der Waals surface area contributed by atoms with Crippen molar-refractivity contribution in [2.45, 2.75) is 0 Å². The quantitative estimate of drug-likeness (QED) is 0.412. The first-order valence-corrected chi connectivity index (χ1v) is 8.09. The Morgan fingerprint density at radius 3 is 2.60 bits per heavy atom. The average molecular weight is 353 g/mol. The molecule has 9 heteroatoms. The maximum absolute atomic E-state index is 10.8. The number of benzene rings is 2. The minimum absolute atomic E-state index is 0.0430. The second kappa shape index (κ2) is 5.95. The van der Waals surface area contributed by atoms with E-state index in [0.717, 1.165) is 11.1 Å². The lowest BCUT2D eigenvalue weighted by Gasteiger charge is -2.04. The zero-order valence-electron chi connectivity index (χ0n) is 13.0. The van der Waals surface area contributed by atoms with Gasteiger partial charge in [0.15, 0.2) is 5.82 Å². The molecule has 0 atom stereocenters. The first-order chi connectivity index (χ1) is 12.2. The van der Waals surface area contributed by atoms with Crippen molar-refractivity contribution in [1.82, 2.24) is 19.8 Å². The molecule has 4 aromatic rings. The lowest BCUT2D eigenvalue weighted by Crippen LogP contribution is -1.94. The molecule has 0 fully saturated rings. The Morgan fingerprint density at radius 1 is 1.12 bits per heavy atom. The standard InChI is InChI=1S/C16H11N5O3S/c1-24-13-5-3-2-4-12(13)14-17-18-16-20(14)19-15(25-16)10-6-8-11(9-7-10)21(22)23/h2-9H,1H3. The van der Waals surface area contributed by atoms with E-state index in [1.807, 2.05) is 24.3 Å². The number of rotatable bonds is 4. The van der Waals surface area contributed by atoms with Crippen LogP contribution in [0.3, 0.4) is 0 Å². The highest BCUT2D eigenvalue weighted by atomic mass is 32.1. The third-order valence-corrected chi connectivity index (χ3v) is 4.61. The fourth-order valence-corrected chi connectivity index (χ4v) is 3.30. The summed E-state index contributed by atoms with van der Waals surface area (Å²) in [5.74, 6) is 1.26. The maximum Gasteiger partial charge on any atom is 0.269 e. The van der Waals surface area contributed by atoms with Gasteiger partial charge in [-0.1, -0.05) is 23.5 Å². The molecule has 0 aliphatic heterocycles. The van der Waals surface area contributed by atoms with Gasteiger partial charge in [-0.05, 0) is 24.3 Å². The van der Waals surface area contributed by atoms with Gasteiger partial charge in [-0.3, -0.25) is 10.1 Å². The number of nitro groups is 1. The highest BCUT2D eigenvalue weighted by molar-refractivity contribution is 7.19. The van der Waals surface area contributed by atoms with Gasteiger partial charge in [-0.25, -0.2) is 0 Å². The summed E-state index contributed by atoms with van der Waals surface area (Å²) in [4.78, 5) is 11.0. The van der Waals surface area contributed by atoms with Crippen molar-refractivity contribution in [2.24, 2.45) is 0 Å². The molecule has 124 valence electrons. The lowest BCUT2D eigenvalue weighted by molar-refractivity contribution is -0.384. The van der Waals surface area contributed by atoms with E-state index in [2.05, 4.69) is 15.3 Å². The van der Waals surface area contributed by atoms with Gasteiger partial charge in [0.1, 0.15) is 10.8 Å². The van der Waals surface area contributed by atoms with Crippen molar-refractivity contribution in [2.75, 3.05) is 7.11 Å². The van der Waals surface area contributed by atoms with Gasteiger partial charge in [0.2, 0.25) is 4.96 Å². The van der Waals surface area contributed by atoms with Crippen LogP contribution in [0.4, 0.5) is 5.69 Å². The predicted octanol–water partition coefficient (Wildman–Crippen LogP) is 3.44. The van der Waals surface area contributed by atoms with Crippen LogP contribution in [0, 0.1) is 10.1 Å². The molecule has 0 saturated carbocycles. The van der Waals surface area contributed by atoms with Crippen molar-refractivity contribution >= 4 is 22.0 Å². The van der Waals surface area contributed by atoms with E-state index in [9.17, 15) is 10.1 Å². The van der Waals surface area contributed by atoms with Gasteiger partial charge in [0, 0.05) is 17.7 Å². The highest BCUT2D eigenvalue weighted by Crippen LogP contribution is 2.32. The van der Waals surface area contributed by atoms with Crippen molar-refractivity contribution < 1.29 is 9.66 Å². The average Bonchev–Trinajstić information content (AvgIpc) is 3.22. The van der Waals surface area contributed by atoms with Crippen LogP contribution < -0.4 is 4.74 Å². The van der Waals surface area contributed by atoms with Crippen molar-refractivity contribution in [3.63, 3.8) is 0 Å². The van der Waals surface area contributed by atoms with Gasteiger partial charge < -0.3 is 4.74 Å². The second-order valence-corrected chi connectivity index (χ2v) is 6.09. The number of hydrogen-bond donors (Lipinski definition) is 0. The molecule has 2 aromatic carbocycles. The van der Waals surface area contributed by atoms with E-state index >= 15 is 0 Å². The lowest BCUT2D eigenvalue weighted by atomic mass is 10.2. The molecule has 2 aromatic heterocycles. The fourth-order valence-electron chi connectivity index (χ4n) is 2.46. The molecule has 0 N–H and O–H groups in total. The summed E-state index contributed by atoms with van der Waals surface area (Å²) in [5.41, 5.74) is 1.62. The number of methoxy groups -OCH3 is 1. The Kier molecular flexibility index (Phi) is 3.62. The van der Waals surface area contributed by atoms with Gasteiger partial charge in [-0.15, -0.1) is 10.2 Å². The summed E-state index contributed by atoms with van der Waals surface area (Å²) < 4.78 is 7.03. The van der Waals surface area contributed by atoms with E-state index in [-0.39, 0.29) is 5.69 Å². The van der Waals surface area contributed by atoms with E-state index in [4.69, 9.17) is 4.74 Å². The first kappa shape index (κ1) is 15.2. The topological polar surface area (TPSA) is 95.5 Å². The maximum atomic E-state index is 10.8. The minimum atomic E-state index is -0.428. The van der Waals surface area contributed by atoms with Crippen LogP contribution in [0.2, 0.25) is 0 Å². The molecule has 0 aliphatic carbocycles. The van der Waals surface area contributed by atoms with Crippen LogP contribution in [0.5, 0.6) is 5.75 Å². The molecule has 0 bridgehead atoms. The Hall–Kier alpha value is -3.33. The van der Waals surface area contributed by atoms with Crippen molar-refractivity contribution in [3.05, 3.63) is 58.6 Å². The summed E-state index contributed by atoms with van der Waals surface area (Å²) in [6.45, 7) is 0. The number of aromatic nitrogens is 4. The van der Waals surface area contributed by atoms with Crippen molar-refractivity contribution in [1.29, 1.82) is 0 Å². The third kappa shape index (κ3) is 2.60. The molecule has 4 rings (SSSR count). The monoisotopic (exact) mass is 353 g/mol. The molecule has 2 heterocycles. The zero-order valence-corrected chi connectivity index (χ0v) is 13.8. The van der Waals surface area contributed by atoms with E-state index < -0.39 is 4.92 Å². The molecule has 25 heavy (non-hydrogen) atoms. The minimum Gasteiger partial charge on any atom is -0.496 e. The predicted molar refractivity (Wildman–Crippen MR) is 92.7 cm³/mol. The highest BCUT2D eigenvalue weighted by Gasteiger charge is 2.17.